The van der Waals surface area contributed by atoms with Gasteiger partial charge in [-0.15, -0.1) is 0 Å². The van der Waals surface area contributed by atoms with Crippen LogP contribution in [0.1, 0.15) is 44.2 Å². The van der Waals surface area contributed by atoms with Crippen molar-refractivity contribution < 1.29 is 19.0 Å². The average molecular weight is 335 g/mol. The van der Waals surface area contributed by atoms with Crippen LogP contribution in [-0.4, -0.2) is 37.9 Å². The number of hydrogen-bond donors (Lipinski definition) is 1. The van der Waals surface area contributed by atoms with Crippen LogP contribution in [0.5, 0.6) is 0 Å². The van der Waals surface area contributed by atoms with Gasteiger partial charge in [0.25, 0.3) is 0 Å². The van der Waals surface area contributed by atoms with Crippen molar-refractivity contribution in [2.24, 2.45) is 0 Å². The Balaban J connectivity index is 1.75. The molecule has 134 valence electrons. The Labute approximate surface area is 144 Å². The first-order chi connectivity index (χ1) is 11.7. The van der Waals surface area contributed by atoms with Crippen molar-refractivity contribution in [2.45, 2.75) is 58.5 Å². The number of amides is 1. The van der Waals surface area contributed by atoms with E-state index in [9.17, 15) is 4.79 Å². The van der Waals surface area contributed by atoms with Gasteiger partial charge in [0.2, 0.25) is 5.91 Å². The minimum Gasteiger partial charge on any atom is -0.377 e. The lowest BCUT2D eigenvalue weighted by molar-refractivity contribution is -0.135. The van der Waals surface area contributed by atoms with E-state index in [0.717, 1.165) is 30.6 Å². The smallest absolute Gasteiger partial charge is 0.249 e. The van der Waals surface area contributed by atoms with Gasteiger partial charge in [-0.05, 0) is 44.2 Å². The van der Waals surface area contributed by atoms with E-state index in [1.165, 1.54) is 6.42 Å². The van der Waals surface area contributed by atoms with E-state index >= 15 is 0 Å². The van der Waals surface area contributed by atoms with Crippen LogP contribution in [-0.2, 0) is 32.2 Å². The van der Waals surface area contributed by atoms with Crippen molar-refractivity contribution in [1.82, 2.24) is 5.32 Å². The number of carbonyl (C=O) groups excluding carboxylic acids is 1. The van der Waals surface area contributed by atoms with Crippen LogP contribution in [0.2, 0.25) is 0 Å². The molecule has 1 saturated heterocycles. The number of ether oxygens (including phenoxy) is 3. The van der Waals surface area contributed by atoms with Crippen molar-refractivity contribution in [1.29, 1.82) is 0 Å². The highest BCUT2D eigenvalue weighted by atomic mass is 16.5. The summed E-state index contributed by atoms with van der Waals surface area (Å²) < 4.78 is 16.8. The van der Waals surface area contributed by atoms with Gasteiger partial charge < -0.3 is 19.5 Å². The first-order valence-electron chi connectivity index (χ1n) is 8.86. The van der Waals surface area contributed by atoms with Crippen molar-refractivity contribution in [3.63, 3.8) is 0 Å². The van der Waals surface area contributed by atoms with Gasteiger partial charge in [0.1, 0.15) is 6.10 Å². The zero-order valence-corrected chi connectivity index (χ0v) is 14.8. The highest BCUT2D eigenvalue weighted by Crippen LogP contribution is 2.14. The summed E-state index contributed by atoms with van der Waals surface area (Å²) in [6, 6.07) is 7.99. The fraction of sp³-hybridized carbons (Fsp3) is 0.632. The van der Waals surface area contributed by atoms with E-state index in [1.54, 1.807) is 6.92 Å². The van der Waals surface area contributed by atoms with E-state index in [-0.39, 0.29) is 12.0 Å². The lowest BCUT2D eigenvalue weighted by Crippen LogP contribution is -2.36. The lowest BCUT2D eigenvalue weighted by atomic mass is 10.1. The molecule has 0 spiro atoms. The van der Waals surface area contributed by atoms with Gasteiger partial charge in [0, 0.05) is 19.8 Å². The van der Waals surface area contributed by atoms with Gasteiger partial charge in [-0.1, -0.05) is 24.3 Å². The van der Waals surface area contributed by atoms with Crippen LogP contribution in [0.4, 0.5) is 0 Å². The number of rotatable bonds is 9. The second-order valence-corrected chi connectivity index (χ2v) is 6.09. The zero-order valence-electron chi connectivity index (χ0n) is 14.8. The summed E-state index contributed by atoms with van der Waals surface area (Å²) in [7, 11) is 0. The van der Waals surface area contributed by atoms with Crippen molar-refractivity contribution in [3.05, 3.63) is 35.4 Å². The van der Waals surface area contributed by atoms with Gasteiger partial charge >= 0.3 is 0 Å². The molecular formula is C19H29NO4. The second kappa shape index (κ2) is 10.4. The van der Waals surface area contributed by atoms with E-state index in [2.05, 4.69) is 5.32 Å². The molecule has 5 heteroatoms. The maximum Gasteiger partial charge on any atom is 0.249 e. The molecule has 5 nitrogen and oxygen atoms in total. The molecule has 1 N–H and O–H groups in total. The zero-order chi connectivity index (χ0) is 17.2. The summed E-state index contributed by atoms with van der Waals surface area (Å²) in [5.41, 5.74) is 2.17. The van der Waals surface area contributed by atoms with Gasteiger partial charge in [0.05, 0.1) is 19.3 Å². The van der Waals surface area contributed by atoms with Crippen molar-refractivity contribution >= 4 is 5.91 Å². The Morgan fingerprint density at radius 3 is 2.83 bits per heavy atom. The molecular weight excluding hydrogens is 306 g/mol. The summed E-state index contributed by atoms with van der Waals surface area (Å²) in [6.45, 7) is 6.75. The van der Waals surface area contributed by atoms with Crippen molar-refractivity contribution in [3.8, 4) is 0 Å². The molecule has 1 heterocycles. The van der Waals surface area contributed by atoms with Crippen LogP contribution in [0.3, 0.4) is 0 Å². The molecule has 0 aromatic heterocycles. The SMILES string of the molecule is CCOCc1ccccc1CNC(=O)[C@H](C)OC[C@H]1CCCCO1. The molecule has 24 heavy (non-hydrogen) atoms. The largest absolute Gasteiger partial charge is 0.377 e. The molecule has 1 amide bonds. The Morgan fingerprint density at radius 1 is 1.33 bits per heavy atom. The van der Waals surface area contributed by atoms with Gasteiger partial charge in [-0.2, -0.15) is 0 Å². The van der Waals surface area contributed by atoms with Crippen LogP contribution in [0.15, 0.2) is 24.3 Å². The first-order valence-corrected chi connectivity index (χ1v) is 8.86. The highest BCUT2D eigenvalue weighted by Gasteiger charge is 2.18. The predicted molar refractivity (Wildman–Crippen MR) is 92.6 cm³/mol. The van der Waals surface area contributed by atoms with Crippen LogP contribution in [0, 0.1) is 0 Å². The quantitative estimate of drug-likeness (QED) is 0.754. The van der Waals surface area contributed by atoms with E-state index in [4.69, 9.17) is 14.2 Å². The van der Waals surface area contributed by atoms with Crippen LogP contribution in [0.25, 0.3) is 0 Å². The lowest BCUT2D eigenvalue weighted by Gasteiger charge is -2.24. The number of nitrogens with one attached hydrogen (secondary N) is 1. The molecule has 1 aliphatic heterocycles. The van der Waals surface area contributed by atoms with E-state index in [1.807, 2.05) is 31.2 Å². The molecule has 0 aliphatic carbocycles. The minimum atomic E-state index is -0.477. The topological polar surface area (TPSA) is 56.8 Å². The molecule has 0 bridgehead atoms. The summed E-state index contributed by atoms with van der Waals surface area (Å²) in [6.07, 6.45) is 2.95. The highest BCUT2D eigenvalue weighted by molar-refractivity contribution is 5.80. The van der Waals surface area contributed by atoms with Crippen LogP contribution >= 0.6 is 0 Å². The Kier molecular flexibility index (Phi) is 8.22. The molecule has 1 aliphatic rings. The van der Waals surface area contributed by atoms with Crippen molar-refractivity contribution in [2.75, 3.05) is 19.8 Å². The predicted octanol–water partition coefficient (Wildman–Crippen LogP) is 2.81. The third kappa shape index (κ3) is 6.23. The monoisotopic (exact) mass is 335 g/mol. The third-order valence-electron chi connectivity index (χ3n) is 4.21. The van der Waals surface area contributed by atoms with Crippen LogP contribution < -0.4 is 5.32 Å². The fourth-order valence-electron chi connectivity index (χ4n) is 2.68. The number of carbonyl (C=O) groups is 1. The van der Waals surface area contributed by atoms with E-state index < -0.39 is 6.10 Å². The average Bonchev–Trinajstić information content (AvgIpc) is 2.63. The first kappa shape index (κ1) is 18.9. The van der Waals surface area contributed by atoms with Gasteiger partial charge in [0.15, 0.2) is 0 Å². The Morgan fingerprint density at radius 2 is 2.12 bits per heavy atom. The summed E-state index contributed by atoms with van der Waals surface area (Å²) in [5, 5.41) is 2.94. The molecule has 0 saturated carbocycles. The maximum absolute atomic E-state index is 12.2. The summed E-state index contributed by atoms with van der Waals surface area (Å²) in [5.74, 6) is -0.1000. The summed E-state index contributed by atoms with van der Waals surface area (Å²) in [4.78, 5) is 12.2. The molecule has 2 atom stereocenters. The maximum atomic E-state index is 12.2. The Bertz CT molecular complexity index is 500. The Hall–Kier alpha value is -1.43. The third-order valence-corrected chi connectivity index (χ3v) is 4.21. The van der Waals surface area contributed by atoms with E-state index in [0.29, 0.717) is 26.4 Å². The molecule has 1 aromatic carbocycles. The molecule has 0 radical (unpaired) electrons. The van der Waals surface area contributed by atoms with Gasteiger partial charge in [-0.25, -0.2) is 0 Å². The second-order valence-electron chi connectivity index (χ2n) is 6.09. The number of hydrogen-bond acceptors (Lipinski definition) is 4. The van der Waals surface area contributed by atoms with Gasteiger partial charge in [-0.3, -0.25) is 4.79 Å². The number of benzene rings is 1. The molecule has 1 fully saturated rings. The molecule has 2 rings (SSSR count). The minimum absolute atomic E-state index is 0.1000. The molecule has 1 aromatic rings. The normalized spacial score (nSPS) is 19.0. The standard InChI is InChI=1S/C19H29NO4/c1-3-22-13-17-9-5-4-8-16(17)12-20-19(21)15(2)24-14-18-10-6-7-11-23-18/h4-5,8-9,15,18H,3,6-7,10-14H2,1-2H3,(H,20,21)/t15-,18+/m0/s1. The summed E-state index contributed by atoms with van der Waals surface area (Å²) >= 11 is 0. The molecule has 0 unspecified atom stereocenters. The fourth-order valence-corrected chi connectivity index (χ4v) is 2.68.